The minimum atomic E-state index is -0.268. The third kappa shape index (κ3) is 4.28. The number of hydrogen-bond acceptors (Lipinski definition) is 4. The van der Waals surface area contributed by atoms with E-state index in [1.54, 1.807) is 0 Å². The summed E-state index contributed by atoms with van der Waals surface area (Å²) in [5.74, 6) is -0.170. The zero-order chi connectivity index (χ0) is 16.8. The lowest BCUT2D eigenvalue weighted by molar-refractivity contribution is -0.140. The third-order valence-corrected chi connectivity index (χ3v) is 3.64. The normalized spacial score (nSPS) is 10.8. The van der Waals surface area contributed by atoms with Crippen LogP contribution in [0.15, 0.2) is 30.3 Å². The van der Waals surface area contributed by atoms with Crippen LogP contribution < -0.4 is 5.32 Å². The van der Waals surface area contributed by atoms with E-state index >= 15 is 0 Å². The van der Waals surface area contributed by atoms with Gasteiger partial charge in [0.1, 0.15) is 0 Å². The smallest absolute Gasteiger partial charge is 0.305 e. The van der Waals surface area contributed by atoms with Crippen molar-refractivity contribution in [2.45, 2.75) is 32.6 Å². The first kappa shape index (κ1) is 16.9. The monoisotopic (exact) mass is 314 g/mol. The summed E-state index contributed by atoms with van der Waals surface area (Å²) in [5, 5.41) is 3.70. The van der Waals surface area contributed by atoms with Crippen molar-refractivity contribution in [3.8, 4) is 0 Å². The van der Waals surface area contributed by atoms with Crippen LogP contribution in [0.3, 0.4) is 0 Å². The standard InChI is InChI=1S/C18H22N2O3/c1-12(2)16-11-14(13-7-4-5-8-15(13)20-16)18(22)19-10-6-9-17(21)23-3/h4-5,7-8,11-12H,6,9-10H2,1-3H3,(H,19,22). The Labute approximate surface area is 136 Å². The number of carbonyl (C=O) groups excluding carboxylic acids is 2. The predicted octanol–water partition coefficient (Wildman–Crippen LogP) is 3.04. The SMILES string of the molecule is COC(=O)CCCNC(=O)c1cc(C(C)C)nc2ccccc12. The molecule has 0 radical (unpaired) electrons. The van der Waals surface area contributed by atoms with Crippen molar-refractivity contribution in [2.24, 2.45) is 0 Å². The molecule has 0 atom stereocenters. The van der Waals surface area contributed by atoms with Gasteiger partial charge in [0.2, 0.25) is 0 Å². The van der Waals surface area contributed by atoms with Crippen molar-refractivity contribution in [3.05, 3.63) is 41.6 Å². The molecule has 1 aromatic heterocycles. The topological polar surface area (TPSA) is 68.3 Å². The number of carbonyl (C=O) groups is 2. The molecule has 2 aromatic rings. The van der Waals surface area contributed by atoms with Crippen LogP contribution in [0, 0.1) is 0 Å². The maximum atomic E-state index is 12.5. The van der Waals surface area contributed by atoms with Gasteiger partial charge in [-0.2, -0.15) is 0 Å². The number of amides is 1. The van der Waals surface area contributed by atoms with Crippen molar-refractivity contribution in [3.63, 3.8) is 0 Å². The number of esters is 1. The average molecular weight is 314 g/mol. The minimum Gasteiger partial charge on any atom is -0.469 e. The fraction of sp³-hybridized carbons (Fsp3) is 0.389. The van der Waals surface area contributed by atoms with E-state index in [0.29, 0.717) is 24.9 Å². The lowest BCUT2D eigenvalue weighted by Gasteiger charge is -2.12. The molecule has 1 aromatic carbocycles. The van der Waals surface area contributed by atoms with E-state index in [-0.39, 0.29) is 17.8 Å². The van der Waals surface area contributed by atoms with Gasteiger partial charge in [0.25, 0.3) is 5.91 Å². The first-order valence-electron chi connectivity index (χ1n) is 7.77. The molecule has 0 fully saturated rings. The molecule has 0 saturated carbocycles. The second-order valence-corrected chi connectivity index (χ2v) is 5.70. The minimum absolute atomic E-state index is 0.143. The zero-order valence-electron chi connectivity index (χ0n) is 13.8. The largest absolute Gasteiger partial charge is 0.469 e. The maximum Gasteiger partial charge on any atom is 0.305 e. The Morgan fingerprint density at radius 2 is 2.00 bits per heavy atom. The highest BCUT2D eigenvalue weighted by Crippen LogP contribution is 2.22. The second-order valence-electron chi connectivity index (χ2n) is 5.70. The molecule has 0 aliphatic carbocycles. The van der Waals surface area contributed by atoms with E-state index in [0.717, 1.165) is 16.6 Å². The first-order valence-corrected chi connectivity index (χ1v) is 7.77. The molecule has 1 N–H and O–H groups in total. The quantitative estimate of drug-likeness (QED) is 0.657. The number of para-hydroxylation sites is 1. The van der Waals surface area contributed by atoms with E-state index in [9.17, 15) is 9.59 Å². The van der Waals surface area contributed by atoms with Gasteiger partial charge in [0, 0.05) is 24.0 Å². The number of ether oxygens (including phenoxy) is 1. The highest BCUT2D eigenvalue weighted by Gasteiger charge is 2.14. The number of pyridine rings is 1. The van der Waals surface area contributed by atoms with Crippen LogP contribution in [0.5, 0.6) is 0 Å². The summed E-state index contributed by atoms with van der Waals surface area (Å²) in [4.78, 5) is 28.2. The molecule has 122 valence electrons. The Morgan fingerprint density at radius 3 is 2.70 bits per heavy atom. The van der Waals surface area contributed by atoms with Crippen molar-refractivity contribution >= 4 is 22.8 Å². The van der Waals surface area contributed by atoms with E-state index in [2.05, 4.69) is 28.9 Å². The fourth-order valence-electron chi connectivity index (χ4n) is 2.31. The van der Waals surface area contributed by atoms with Crippen LogP contribution >= 0.6 is 0 Å². The summed E-state index contributed by atoms with van der Waals surface area (Å²) in [5.41, 5.74) is 2.33. The van der Waals surface area contributed by atoms with Crippen molar-refractivity contribution in [2.75, 3.05) is 13.7 Å². The molecule has 1 heterocycles. The van der Waals surface area contributed by atoms with Gasteiger partial charge in [0.05, 0.1) is 18.2 Å². The van der Waals surface area contributed by atoms with E-state index in [1.807, 2.05) is 30.3 Å². The number of rotatable bonds is 6. The van der Waals surface area contributed by atoms with Crippen LogP contribution in [0.4, 0.5) is 0 Å². The van der Waals surface area contributed by atoms with Gasteiger partial charge in [-0.05, 0) is 24.5 Å². The Morgan fingerprint density at radius 1 is 1.26 bits per heavy atom. The fourth-order valence-corrected chi connectivity index (χ4v) is 2.31. The highest BCUT2D eigenvalue weighted by molar-refractivity contribution is 6.06. The molecule has 23 heavy (non-hydrogen) atoms. The number of benzene rings is 1. The Bertz CT molecular complexity index is 710. The molecule has 0 aliphatic rings. The molecule has 0 unspecified atom stereocenters. The summed E-state index contributed by atoms with van der Waals surface area (Å²) in [6.07, 6.45) is 0.851. The lowest BCUT2D eigenvalue weighted by Crippen LogP contribution is -2.25. The number of hydrogen-bond donors (Lipinski definition) is 1. The summed E-state index contributed by atoms with van der Waals surface area (Å²) in [6.45, 7) is 4.53. The van der Waals surface area contributed by atoms with Gasteiger partial charge in [0.15, 0.2) is 0 Å². The van der Waals surface area contributed by atoms with Crippen LogP contribution in [0.1, 0.15) is 48.7 Å². The number of fused-ring (bicyclic) bond motifs is 1. The van der Waals surface area contributed by atoms with E-state index in [1.165, 1.54) is 7.11 Å². The van der Waals surface area contributed by atoms with Gasteiger partial charge >= 0.3 is 5.97 Å². The number of aromatic nitrogens is 1. The van der Waals surface area contributed by atoms with E-state index in [4.69, 9.17) is 0 Å². The Kier molecular flexibility index (Phi) is 5.68. The molecule has 5 heteroatoms. The molecular weight excluding hydrogens is 292 g/mol. The molecule has 5 nitrogen and oxygen atoms in total. The molecule has 0 bridgehead atoms. The summed E-state index contributed by atoms with van der Waals surface area (Å²) >= 11 is 0. The second kappa shape index (κ2) is 7.72. The maximum absolute atomic E-state index is 12.5. The van der Waals surface area contributed by atoms with Gasteiger partial charge < -0.3 is 10.1 Å². The van der Waals surface area contributed by atoms with Crippen LogP contribution in [0.25, 0.3) is 10.9 Å². The summed E-state index contributed by atoms with van der Waals surface area (Å²) in [6, 6.07) is 9.47. The van der Waals surface area contributed by atoms with Crippen molar-refractivity contribution in [1.29, 1.82) is 0 Å². The number of methoxy groups -OCH3 is 1. The summed E-state index contributed by atoms with van der Waals surface area (Å²) in [7, 11) is 1.36. The predicted molar refractivity (Wildman–Crippen MR) is 89.4 cm³/mol. The van der Waals surface area contributed by atoms with Gasteiger partial charge in [-0.1, -0.05) is 32.0 Å². The highest BCUT2D eigenvalue weighted by atomic mass is 16.5. The van der Waals surface area contributed by atoms with Crippen molar-refractivity contribution in [1.82, 2.24) is 10.3 Å². The van der Waals surface area contributed by atoms with Crippen molar-refractivity contribution < 1.29 is 14.3 Å². The first-order chi connectivity index (χ1) is 11.0. The third-order valence-electron chi connectivity index (χ3n) is 3.64. The summed E-state index contributed by atoms with van der Waals surface area (Å²) < 4.78 is 4.58. The zero-order valence-corrected chi connectivity index (χ0v) is 13.8. The molecule has 0 spiro atoms. The molecular formula is C18H22N2O3. The molecule has 2 rings (SSSR count). The lowest BCUT2D eigenvalue weighted by atomic mass is 10.0. The van der Waals surface area contributed by atoms with Crippen LogP contribution in [0.2, 0.25) is 0 Å². The van der Waals surface area contributed by atoms with Crippen LogP contribution in [-0.4, -0.2) is 30.5 Å². The van der Waals surface area contributed by atoms with Gasteiger partial charge in [-0.15, -0.1) is 0 Å². The molecule has 1 amide bonds. The number of nitrogens with one attached hydrogen (secondary N) is 1. The molecule has 0 saturated heterocycles. The van der Waals surface area contributed by atoms with Crippen LogP contribution in [-0.2, 0) is 9.53 Å². The Hall–Kier alpha value is -2.43. The number of nitrogens with zero attached hydrogens (tertiary/aromatic N) is 1. The Balaban J connectivity index is 2.17. The van der Waals surface area contributed by atoms with Gasteiger partial charge in [-0.3, -0.25) is 14.6 Å². The van der Waals surface area contributed by atoms with Gasteiger partial charge in [-0.25, -0.2) is 0 Å². The van der Waals surface area contributed by atoms with E-state index < -0.39 is 0 Å². The average Bonchev–Trinajstić information content (AvgIpc) is 2.57. The molecule has 0 aliphatic heterocycles.